The summed E-state index contributed by atoms with van der Waals surface area (Å²) in [6, 6.07) is -0.519. The van der Waals surface area contributed by atoms with E-state index in [2.05, 4.69) is 9.64 Å². The summed E-state index contributed by atoms with van der Waals surface area (Å²) < 4.78 is 4.51. The molecule has 0 rings (SSSR count). The Labute approximate surface area is 73.7 Å². The molecule has 0 aliphatic heterocycles. The quantitative estimate of drug-likeness (QED) is 0.588. The second-order valence-corrected chi connectivity index (χ2v) is 2.62. The largest absolute Gasteiger partial charge is 0.468 e. The number of hydrogen-bond acceptors (Lipinski definition) is 4. The average Bonchev–Trinajstić information content (AvgIpc) is 2.12. The third-order valence-corrected chi connectivity index (χ3v) is 1.85. The number of nitrogens with two attached hydrogens (primary N) is 1. The van der Waals surface area contributed by atoms with Gasteiger partial charge in [-0.25, -0.2) is 0 Å². The van der Waals surface area contributed by atoms with Crippen molar-refractivity contribution >= 4 is 5.97 Å². The number of carbonyl (C=O) groups is 1. The summed E-state index contributed by atoms with van der Waals surface area (Å²) >= 11 is 0. The van der Waals surface area contributed by atoms with Crippen LogP contribution < -0.4 is 5.73 Å². The lowest BCUT2D eigenvalue weighted by Crippen LogP contribution is -2.43. The molecule has 0 aromatic carbocycles. The van der Waals surface area contributed by atoms with Gasteiger partial charge in [-0.05, 0) is 13.1 Å². The van der Waals surface area contributed by atoms with Crippen LogP contribution in [-0.4, -0.2) is 43.7 Å². The Morgan fingerprint density at radius 1 is 1.50 bits per heavy atom. The minimum Gasteiger partial charge on any atom is -0.468 e. The fraction of sp³-hybridized carbons (Fsp3) is 0.875. The lowest BCUT2D eigenvalue weighted by molar-refractivity contribution is -0.142. The first-order valence-corrected chi connectivity index (χ1v) is 4.21. The Bertz CT molecular complexity index is 135. The number of rotatable bonds is 5. The first-order chi connectivity index (χ1) is 5.65. The number of carbonyl (C=O) groups excluding carboxylic acids is 1. The van der Waals surface area contributed by atoms with Crippen molar-refractivity contribution in [2.45, 2.75) is 19.9 Å². The van der Waals surface area contributed by atoms with Crippen molar-refractivity contribution in [3.8, 4) is 0 Å². The fourth-order valence-corrected chi connectivity index (χ4v) is 0.986. The normalized spacial score (nSPS) is 13.1. The molecule has 4 heteroatoms. The summed E-state index contributed by atoms with van der Waals surface area (Å²) in [5.74, 6) is -0.345. The van der Waals surface area contributed by atoms with Crippen LogP contribution >= 0.6 is 0 Å². The summed E-state index contributed by atoms with van der Waals surface area (Å²) in [6.07, 6.45) is 0. The van der Waals surface area contributed by atoms with Gasteiger partial charge in [-0.2, -0.15) is 0 Å². The Balaban J connectivity index is 3.80. The summed E-state index contributed by atoms with van der Waals surface area (Å²) in [7, 11) is 1.35. The van der Waals surface area contributed by atoms with Gasteiger partial charge >= 0.3 is 5.97 Å². The summed E-state index contributed by atoms with van der Waals surface area (Å²) in [5, 5.41) is 0. The molecule has 0 aromatic heterocycles. The third kappa shape index (κ3) is 3.69. The number of esters is 1. The highest BCUT2D eigenvalue weighted by Gasteiger charge is 2.15. The molecule has 4 nitrogen and oxygen atoms in total. The smallest absolute Gasteiger partial charge is 0.323 e. The molecule has 0 aromatic rings. The molecule has 2 N–H and O–H groups in total. The molecule has 1 atom stereocenters. The van der Waals surface area contributed by atoms with E-state index in [1.165, 1.54) is 7.11 Å². The zero-order valence-electron chi connectivity index (χ0n) is 8.04. The monoisotopic (exact) mass is 174 g/mol. The zero-order valence-corrected chi connectivity index (χ0v) is 8.04. The average molecular weight is 174 g/mol. The molecule has 0 saturated carbocycles. The molecule has 0 aliphatic carbocycles. The fourth-order valence-electron chi connectivity index (χ4n) is 0.986. The molecular weight excluding hydrogens is 156 g/mol. The number of nitrogens with zero attached hydrogens (tertiary/aromatic N) is 1. The van der Waals surface area contributed by atoms with Gasteiger partial charge < -0.3 is 15.4 Å². The standard InChI is InChI=1S/C8H18N2O2/c1-4-10(5-2)6-7(9)8(11)12-3/h7H,4-6,9H2,1-3H3. The molecular formula is C8H18N2O2. The molecule has 0 radical (unpaired) electrons. The predicted octanol–water partition coefficient (Wildman–Crippen LogP) is -0.171. The Morgan fingerprint density at radius 3 is 2.33 bits per heavy atom. The highest BCUT2D eigenvalue weighted by molar-refractivity contribution is 5.75. The molecule has 0 fully saturated rings. The van der Waals surface area contributed by atoms with Gasteiger partial charge in [-0.1, -0.05) is 13.8 Å². The van der Waals surface area contributed by atoms with Crippen LogP contribution in [0.2, 0.25) is 0 Å². The van der Waals surface area contributed by atoms with Crippen molar-refractivity contribution in [2.24, 2.45) is 5.73 Å². The maximum atomic E-state index is 10.9. The van der Waals surface area contributed by atoms with Gasteiger partial charge in [0.25, 0.3) is 0 Å². The molecule has 12 heavy (non-hydrogen) atoms. The van der Waals surface area contributed by atoms with Gasteiger partial charge in [0.15, 0.2) is 0 Å². The SMILES string of the molecule is CCN(CC)CC(N)C(=O)OC. The van der Waals surface area contributed by atoms with Gasteiger partial charge in [-0.3, -0.25) is 4.79 Å². The van der Waals surface area contributed by atoms with E-state index in [-0.39, 0.29) is 5.97 Å². The lowest BCUT2D eigenvalue weighted by atomic mass is 10.3. The van der Waals surface area contributed by atoms with E-state index >= 15 is 0 Å². The van der Waals surface area contributed by atoms with Crippen LogP contribution in [-0.2, 0) is 9.53 Å². The summed E-state index contributed by atoms with van der Waals surface area (Å²) in [4.78, 5) is 13.0. The van der Waals surface area contributed by atoms with E-state index in [1.807, 2.05) is 13.8 Å². The Hall–Kier alpha value is -0.610. The second-order valence-electron chi connectivity index (χ2n) is 2.62. The summed E-state index contributed by atoms with van der Waals surface area (Å²) in [6.45, 7) is 6.45. The van der Waals surface area contributed by atoms with Crippen LogP contribution in [0.15, 0.2) is 0 Å². The van der Waals surface area contributed by atoms with E-state index in [0.717, 1.165) is 13.1 Å². The van der Waals surface area contributed by atoms with Crippen LogP contribution in [0.4, 0.5) is 0 Å². The van der Waals surface area contributed by atoms with Crippen molar-refractivity contribution in [2.75, 3.05) is 26.7 Å². The maximum Gasteiger partial charge on any atom is 0.323 e. The van der Waals surface area contributed by atoms with Gasteiger partial charge in [0, 0.05) is 6.54 Å². The highest BCUT2D eigenvalue weighted by Crippen LogP contribution is 1.91. The molecule has 0 heterocycles. The van der Waals surface area contributed by atoms with Gasteiger partial charge in [0.05, 0.1) is 7.11 Å². The minimum absolute atomic E-state index is 0.345. The van der Waals surface area contributed by atoms with E-state index in [9.17, 15) is 4.79 Å². The molecule has 0 spiro atoms. The minimum atomic E-state index is -0.519. The van der Waals surface area contributed by atoms with Gasteiger partial charge in [0.2, 0.25) is 0 Å². The topological polar surface area (TPSA) is 55.6 Å². The number of hydrogen-bond donors (Lipinski definition) is 1. The van der Waals surface area contributed by atoms with Gasteiger partial charge in [-0.15, -0.1) is 0 Å². The molecule has 0 aliphatic rings. The van der Waals surface area contributed by atoms with Crippen molar-refractivity contribution in [1.29, 1.82) is 0 Å². The number of methoxy groups -OCH3 is 1. The second kappa shape index (κ2) is 5.97. The molecule has 0 amide bonds. The van der Waals surface area contributed by atoms with Crippen LogP contribution in [0.1, 0.15) is 13.8 Å². The number of likely N-dealkylation sites (N-methyl/N-ethyl adjacent to an activating group) is 1. The van der Waals surface area contributed by atoms with Crippen LogP contribution in [0.5, 0.6) is 0 Å². The van der Waals surface area contributed by atoms with Crippen molar-refractivity contribution in [1.82, 2.24) is 4.90 Å². The van der Waals surface area contributed by atoms with Crippen LogP contribution in [0.3, 0.4) is 0 Å². The highest BCUT2D eigenvalue weighted by atomic mass is 16.5. The first kappa shape index (κ1) is 11.4. The van der Waals surface area contributed by atoms with Gasteiger partial charge in [0.1, 0.15) is 6.04 Å². The maximum absolute atomic E-state index is 10.9. The van der Waals surface area contributed by atoms with E-state index in [0.29, 0.717) is 6.54 Å². The Morgan fingerprint density at radius 2 is 2.00 bits per heavy atom. The lowest BCUT2D eigenvalue weighted by Gasteiger charge is -2.20. The van der Waals surface area contributed by atoms with E-state index in [4.69, 9.17) is 5.73 Å². The third-order valence-electron chi connectivity index (χ3n) is 1.85. The molecule has 72 valence electrons. The van der Waals surface area contributed by atoms with Crippen molar-refractivity contribution in [3.05, 3.63) is 0 Å². The first-order valence-electron chi connectivity index (χ1n) is 4.21. The van der Waals surface area contributed by atoms with Crippen LogP contribution in [0, 0.1) is 0 Å². The Kier molecular flexibility index (Phi) is 5.66. The molecule has 0 bridgehead atoms. The zero-order chi connectivity index (χ0) is 9.56. The predicted molar refractivity (Wildman–Crippen MR) is 47.8 cm³/mol. The van der Waals surface area contributed by atoms with E-state index < -0.39 is 6.04 Å². The number of ether oxygens (including phenoxy) is 1. The molecule has 0 saturated heterocycles. The van der Waals surface area contributed by atoms with Crippen molar-refractivity contribution < 1.29 is 9.53 Å². The van der Waals surface area contributed by atoms with E-state index in [1.54, 1.807) is 0 Å². The molecule has 1 unspecified atom stereocenters. The van der Waals surface area contributed by atoms with Crippen LogP contribution in [0.25, 0.3) is 0 Å². The summed E-state index contributed by atoms with van der Waals surface area (Å²) in [5.41, 5.74) is 5.56. The van der Waals surface area contributed by atoms with Crippen molar-refractivity contribution in [3.63, 3.8) is 0 Å².